The minimum Gasteiger partial charge on any atom is -0.385 e. The molecular weight excluding hydrogens is 196 g/mol. The van der Waals surface area contributed by atoms with Gasteiger partial charge in [0.05, 0.1) is 0 Å². The van der Waals surface area contributed by atoms with E-state index >= 15 is 0 Å². The molecule has 1 aromatic rings. The topological polar surface area (TPSA) is 38.0 Å². The van der Waals surface area contributed by atoms with Gasteiger partial charge in [-0.1, -0.05) is 32.9 Å². The number of nitrogens with two attached hydrogens (primary N) is 1. The molecule has 0 spiro atoms. The van der Waals surface area contributed by atoms with Gasteiger partial charge >= 0.3 is 0 Å². The maximum absolute atomic E-state index is 5.59. The summed E-state index contributed by atoms with van der Waals surface area (Å²) >= 11 is 0. The first-order valence-corrected chi connectivity index (χ1v) is 6.10. The number of nitrogens with one attached hydrogen (secondary N) is 1. The molecule has 0 unspecified atom stereocenters. The van der Waals surface area contributed by atoms with Gasteiger partial charge in [-0.15, -0.1) is 0 Å². The number of benzene rings is 1. The van der Waals surface area contributed by atoms with Crippen LogP contribution >= 0.6 is 0 Å². The van der Waals surface area contributed by atoms with Crippen molar-refractivity contribution in [3.05, 3.63) is 29.8 Å². The Morgan fingerprint density at radius 2 is 1.81 bits per heavy atom. The van der Waals surface area contributed by atoms with Gasteiger partial charge in [-0.3, -0.25) is 0 Å². The predicted molar refractivity (Wildman–Crippen MR) is 71.8 cm³/mol. The first-order valence-electron chi connectivity index (χ1n) is 6.10. The van der Waals surface area contributed by atoms with Crippen molar-refractivity contribution in [1.29, 1.82) is 0 Å². The zero-order valence-electron chi connectivity index (χ0n) is 10.7. The SMILES string of the molecule is CCc1ccc(NCC(C)(C)CCN)cc1. The molecule has 0 saturated heterocycles. The molecule has 0 fully saturated rings. The fourth-order valence-corrected chi connectivity index (χ4v) is 1.68. The molecule has 0 atom stereocenters. The van der Waals surface area contributed by atoms with Gasteiger partial charge < -0.3 is 11.1 Å². The van der Waals surface area contributed by atoms with Crippen LogP contribution in [0, 0.1) is 5.41 Å². The molecule has 2 heteroatoms. The summed E-state index contributed by atoms with van der Waals surface area (Å²) in [5, 5.41) is 3.47. The van der Waals surface area contributed by atoms with E-state index in [0.717, 1.165) is 25.9 Å². The van der Waals surface area contributed by atoms with E-state index in [1.165, 1.54) is 11.3 Å². The second-order valence-electron chi connectivity index (χ2n) is 5.11. The fraction of sp³-hybridized carbons (Fsp3) is 0.571. The van der Waals surface area contributed by atoms with E-state index in [0.29, 0.717) is 0 Å². The normalized spacial score (nSPS) is 11.5. The van der Waals surface area contributed by atoms with E-state index < -0.39 is 0 Å². The Bertz CT molecular complexity index is 301. The zero-order chi connectivity index (χ0) is 12.0. The Morgan fingerprint density at radius 3 is 2.31 bits per heavy atom. The predicted octanol–water partition coefficient (Wildman–Crippen LogP) is 3.04. The van der Waals surface area contributed by atoms with Crippen molar-refractivity contribution >= 4 is 5.69 Å². The van der Waals surface area contributed by atoms with Crippen molar-refractivity contribution in [3.8, 4) is 0 Å². The van der Waals surface area contributed by atoms with Crippen LogP contribution in [0.15, 0.2) is 24.3 Å². The minimum atomic E-state index is 0.262. The highest BCUT2D eigenvalue weighted by Crippen LogP contribution is 2.20. The Morgan fingerprint density at radius 1 is 1.19 bits per heavy atom. The van der Waals surface area contributed by atoms with Crippen LogP contribution in [0.3, 0.4) is 0 Å². The van der Waals surface area contributed by atoms with E-state index in [2.05, 4.69) is 50.4 Å². The molecule has 1 aromatic carbocycles. The summed E-state index contributed by atoms with van der Waals surface area (Å²) in [4.78, 5) is 0. The number of rotatable bonds is 6. The molecule has 90 valence electrons. The number of hydrogen-bond donors (Lipinski definition) is 2. The Kier molecular flexibility index (Phi) is 4.81. The highest BCUT2D eigenvalue weighted by Gasteiger charge is 2.15. The molecule has 0 aliphatic heterocycles. The average Bonchev–Trinajstić information content (AvgIpc) is 2.27. The van der Waals surface area contributed by atoms with E-state index in [9.17, 15) is 0 Å². The standard InChI is InChI=1S/C14H24N2/c1-4-12-5-7-13(8-6-12)16-11-14(2,3)9-10-15/h5-8,16H,4,9-11,15H2,1-3H3. The van der Waals surface area contributed by atoms with Gasteiger partial charge in [0.1, 0.15) is 0 Å². The first kappa shape index (κ1) is 13.0. The van der Waals surface area contributed by atoms with Gasteiger partial charge in [0.25, 0.3) is 0 Å². The van der Waals surface area contributed by atoms with E-state index in [1.807, 2.05) is 0 Å². The summed E-state index contributed by atoms with van der Waals surface area (Å²) in [5.74, 6) is 0. The summed E-state index contributed by atoms with van der Waals surface area (Å²) in [6.07, 6.45) is 2.14. The molecule has 3 N–H and O–H groups in total. The number of aryl methyl sites for hydroxylation is 1. The third-order valence-corrected chi connectivity index (χ3v) is 2.95. The largest absolute Gasteiger partial charge is 0.385 e. The van der Waals surface area contributed by atoms with Gasteiger partial charge in [0.15, 0.2) is 0 Å². The minimum absolute atomic E-state index is 0.262. The van der Waals surface area contributed by atoms with Crippen molar-refractivity contribution in [3.63, 3.8) is 0 Å². The Balaban J connectivity index is 2.48. The maximum Gasteiger partial charge on any atom is 0.0340 e. The lowest BCUT2D eigenvalue weighted by molar-refractivity contribution is 0.365. The third-order valence-electron chi connectivity index (χ3n) is 2.95. The lowest BCUT2D eigenvalue weighted by Gasteiger charge is -2.24. The van der Waals surface area contributed by atoms with Crippen molar-refractivity contribution in [2.24, 2.45) is 11.1 Å². The second kappa shape index (κ2) is 5.90. The molecule has 0 heterocycles. The van der Waals surface area contributed by atoms with Gasteiger partial charge in [-0.2, -0.15) is 0 Å². The van der Waals surface area contributed by atoms with Crippen LogP contribution in [-0.4, -0.2) is 13.1 Å². The Labute approximate surface area is 99.2 Å². The summed E-state index contributed by atoms with van der Waals surface area (Å²) in [6, 6.07) is 8.66. The molecule has 0 radical (unpaired) electrons. The third kappa shape index (κ3) is 4.23. The summed E-state index contributed by atoms with van der Waals surface area (Å²) in [6.45, 7) is 8.38. The Hall–Kier alpha value is -1.02. The molecule has 0 amide bonds. The van der Waals surface area contributed by atoms with Crippen molar-refractivity contribution < 1.29 is 0 Å². The highest BCUT2D eigenvalue weighted by molar-refractivity contribution is 5.44. The monoisotopic (exact) mass is 220 g/mol. The van der Waals surface area contributed by atoms with E-state index in [-0.39, 0.29) is 5.41 Å². The average molecular weight is 220 g/mol. The van der Waals surface area contributed by atoms with Crippen LogP contribution in [0.25, 0.3) is 0 Å². The molecular formula is C14H24N2. The molecule has 0 aliphatic carbocycles. The molecule has 0 aromatic heterocycles. The molecule has 1 rings (SSSR count). The molecule has 2 nitrogen and oxygen atoms in total. The van der Waals surface area contributed by atoms with Crippen LogP contribution in [0.5, 0.6) is 0 Å². The summed E-state index contributed by atoms with van der Waals surface area (Å²) in [7, 11) is 0. The molecule has 0 saturated carbocycles. The van der Waals surface area contributed by atoms with Crippen molar-refractivity contribution in [1.82, 2.24) is 0 Å². The van der Waals surface area contributed by atoms with Crippen LogP contribution < -0.4 is 11.1 Å². The molecule has 0 bridgehead atoms. The lowest BCUT2D eigenvalue weighted by atomic mass is 9.89. The number of anilines is 1. The quantitative estimate of drug-likeness (QED) is 0.773. The van der Waals surface area contributed by atoms with E-state index in [1.54, 1.807) is 0 Å². The van der Waals surface area contributed by atoms with Gasteiger partial charge in [0, 0.05) is 12.2 Å². The van der Waals surface area contributed by atoms with Crippen molar-refractivity contribution in [2.45, 2.75) is 33.6 Å². The maximum atomic E-state index is 5.59. The lowest BCUT2D eigenvalue weighted by Crippen LogP contribution is -2.26. The van der Waals surface area contributed by atoms with Crippen LogP contribution in [0.4, 0.5) is 5.69 Å². The van der Waals surface area contributed by atoms with Crippen molar-refractivity contribution in [2.75, 3.05) is 18.4 Å². The van der Waals surface area contributed by atoms with Gasteiger partial charge in [-0.05, 0) is 42.5 Å². The smallest absolute Gasteiger partial charge is 0.0340 e. The first-order chi connectivity index (χ1) is 7.57. The zero-order valence-corrected chi connectivity index (χ0v) is 10.7. The summed E-state index contributed by atoms with van der Waals surface area (Å²) < 4.78 is 0. The molecule has 0 aliphatic rings. The number of hydrogen-bond acceptors (Lipinski definition) is 2. The fourth-order valence-electron chi connectivity index (χ4n) is 1.68. The summed E-state index contributed by atoms with van der Waals surface area (Å²) in [5.41, 5.74) is 8.43. The highest BCUT2D eigenvalue weighted by atomic mass is 14.9. The van der Waals surface area contributed by atoms with Crippen LogP contribution in [0.1, 0.15) is 32.8 Å². The molecule has 16 heavy (non-hydrogen) atoms. The van der Waals surface area contributed by atoms with Gasteiger partial charge in [0.2, 0.25) is 0 Å². The van der Waals surface area contributed by atoms with Crippen LogP contribution in [-0.2, 0) is 6.42 Å². The van der Waals surface area contributed by atoms with E-state index in [4.69, 9.17) is 5.73 Å². The van der Waals surface area contributed by atoms with Crippen LogP contribution in [0.2, 0.25) is 0 Å². The van der Waals surface area contributed by atoms with Gasteiger partial charge in [-0.25, -0.2) is 0 Å². The second-order valence-corrected chi connectivity index (χ2v) is 5.11.